The summed E-state index contributed by atoms with van der Waals surface area (Å²) < 4.78 is 1.03. The van der Waals surface area contributed by atoms with Crippen LogP contribution in [0.3, 0.4) is 0 Å². The molecule has 1 unspecified atom stereocenters. The van der Waals surface area contributed by atoms with Crippen LogP contribution in [0.15, 0.2) is 47.2 Å². The number of aliphatic hydroxyl groups excluding tert-OH is 1. The first-order valence-electron chi connectivity index (χ1n) is 5.50. The third kappa shape index (κ3) is 2.93. The van der Waals surface area contributed by atoms with Gasteiger partial charge in [-0.05, 0) is 41.8 Å². The summed E-state index contributed by atoms with van der Waals surface area (Å²) in [6.45, 7) is 2.01. The van der Waals surface area contributed by atoms with E-state index in [2.05, 4.69) is 20.9 Å². The molecule has 0 aliphatic carbocycles. The van der Waals surface area contributed by atoms with Gasteiger partial charge < -0.3 is 5.11 Å². The van der Waals surface area contributed by atoms with Gasteiger partial charge in [0.05, 0.1) is 6.10 Å². The van der Waals surface area contributed by atoms with Crippen molar-refractivity contribution in [1.29, 1.82) is 0 Å². The molecule has 1 heterocycles. The van der Waals surface area contributed by atoms with E-state index < -0.39 is 6.10 Å². The van der Waals surface area contributed by atoms with E-state index >= 15 is 0 Å². The maximum absolute atomic E-state index is 10.2. The molecule has 1 aromatic carbocycles. The highest BCUT2D eigenvalue weighted by molar-refractivity contribution is 9.10. The van der Waals surface area contributed by atoms with Crippen molar-refractivity contribution < 1.29 is 5.11 Å². The molecule has 0 saturated heterocycles. The molecule has 0 aliphatic rings. The second-order valence-corrected chi connectivity index (χ2v) is 4.88. The van der Waals surface area contributed by atoms with E-state index in [-0.39, 0.29) is 0 Å². The average molecular weight is 292 g/mol. The second-order valence-electron chi connectivity index (χ2n) is 4.03. The highest BCUT2D eigenvalue weighted by Gasteiger charge is 2.12. The van der Waals surface area contributed by atoms with Gasteiger partial charge in [0.2, 0.25) is 0 Å². The molecule has 0 amide bonds. The topological polar surface area (TPSA) is 33.1 Å². The lowest BCUT2D eigenvalue weighted by Crippen LogP contribution is -2.04. The van der Waals surface area contributed by atoms with Crippen molar-refractivity contribution in [3.05, 3.63) is 63.9 Å². The van der Waals surface area contributed by atoms with Crippen molar-refractivity contribution in [3.63, 3.8) is 0 Å². The number of pyridine rings is 1. The molecule has 2 aromatic rings. The third-order valence-electron chi connectivity index (χ3n) is 2.85. The normalized spacial score (nSPS) is 12.4. The summed E-state index contributed by atoms with van der Waals surface area (Å²) in [4.78, 5) is 3.97. The van der Waals surface area contributed by atoms with E-state index in [4.69, 9.17) is 0 Å². The summed E-state index contributed by atoms with van der Waals surface area (Å²) in [5, 5.41) is 10.2. The Kier molecular flexibility index (Phi) is 3.92. The first kappa shape index (κ1) is 12.3. The predicted octanol–water partition coefficient (Wildman–Crippen LogP) is 3.43. The summed E-state index contributed by atoms with van der Waals surface area (Å²) >= 11 is 3.48. The Hall–Kier alpha value is -1.19. The minimum absolute atomic E-state index is 0.477. The fraction of sp³-hybridized carbons (Fsp3) is 0.214. The monoisotopic (exact) mass is 291 g/mol. The van der Waals surface area contributed by atoms with Gasteiger partial charge in [-0.1, -0.05) is 28.1 Å². The van der Waals surface area contributed by atoms with Crippen LogP contribution in [0.5, 0.6) is 0 Å². The number of nitrogens with zero attached hydrogens (tertiary/aromatic N) is 1. The third-order valence-corrected chi connectivity index (χ3v) is 3.71. The van der Waals surface area contributed by atoms with Gasteiger partial charge in [0.25, 0.3) is 0 Å². The van der Waals surface area contributed by atoms with Gasteiger partial charge in [0, 0.05) is 23.3 Å². The number of halogens is 1. The van der Waals surface area contributed by atoms with Gasteiger partial charge in [-0.25, -0.2) is 0 Å². The molecular weight excluding hydrogens is 278 g/mol. The summed E-state index contributed by atoms with van der Waals surface area (Å²) in [5.74, 6) is 0. The molecule has 17 heavy (non-hydrogen) atoms. The van der Waals surface area contributed by atoms with Crippen molar-refractivity contribution in [3.8, 4) is 0 Å². The largest absolute Gasteiger partial charge is 0.388 e. The lowest BCUT2D eigenvalue weighted by Gasteiger charge is -2.14. The van der Waals surface area contributed by atoms with Crippen molar-refractivity contribution >= 4 is 15.9 Å². The van der Waals surface area contributed by atoms with Crippen LogP contribution < -0.4 is 0 Å². The second kappa shape index (κ2) is 5.43. The highest BCUT2D eigenvalue weighted by Crippen LogP contribution is 2.26. The molecule has 1 N–H and O–H groups in total. The minimum atomic E-state index is -0.477. The minimum Gasteiger partial charge on any atom is -0.388 e. The Morgan fingerprint density at radius 1 is 1.24 bits per heavy atom. The van der Waals surface area contributed by atoms with Crippen LogP contribution in [0.25, 0.3) is 0 Å². The SMILES string of the molecule is Cc1c(Br)cccc1C(O)Cc1ccncc1. The van der Waals surface area contributed by atoms with Crippen LogP contribution in [-0.2, 0) is 6.42 Å². The molecule has 0 spiro atoms. The number of aromatic nitrogens is 1. The van der Waals surface area contributed by atoms with E-state index in [0.717, 1.165) is 21.2 Å². The Balaban J connectivity index is 2.20. The van der Waals surface area contributed by atoms with Crippen LogP contribution in [-0.4, -0.2) is 10.1 Å². The van der Waals surface area contributed by atoms with Gasteiger partial charge >= 0.3 is 0 Å². The molecule has 2 nitrogen and oxygen atoms in total. The fourth-order valence-corrected chi connectivity index (χ4v) is 2.22. The van der Waals surface area contributed by atoms with Crippen molar-refractivity contribution in [2.75, 3.05) is 0 Å². The molecule has 0 aliphatic heterocycles. The van der Waals surface area contributed by atoms with Crippen LogP contribution in [0.1, 0.15) is 22.8 Å². The van der Waals surface area contributed by atoms with Gasteiger partial charge in [-0.3, -0.25) is 4.98 Å². The average Bonchev–Trinajstić information content (AvgIpc) is 2.34. The Morgan fingerprint density at radius 3 is 2.65 bits per heavy atom. The molecule has 1 aromatic heterocycles. The smallest absolute Gasteiger partial charge is 0.0833 e. The quantitative estimate of drug-likeness (QED) is 0.940. The molecule has 1 atom stereocenters. The van der Waals surface area contributed by atoms with Crippen molar-refractivity contribution in [2.24, 2.45) is 0 Å². The van der Waals surface area contributed by atoms with E-state index in [1.807, 2.05) is 37.3 Å². The Labute approximate surface area is 109 Å². The van der Waals surface area contributed by atoms with Crippen LogP contribution in [0.4, 0.5) is 0 Å². The zero-order valence-corrected chi connectivity index (χ0v) is 11.2. The predicted molar refractivity (Wildman–Crippen MR) is 71.8 cm³/mol. The Morgan fingerprint density at radius 2 is 1.94 bits per heavy atom. The zero-order valence-electron chi connectivity index (χ0n) is 9.60. The molecule has 0 radical (unpaired) electrons. The molecule has 88 valence electrons. The van der Waals surface area contributed by atoms with Crippen LogP contribution in [0.2, 0.25) is 0 Å². The lowest BCUT2D eigenvalue weighted by molar-refractivity contribution is 0.177. The van der Waals surface area contributed by atoms with Crippen molar-refractivity contribution in [2.45, 2.75) is 19.4 Å². The number of hydrogen-bond acceptors (Lipinski definition) is 2. The fourth-order valence-electron chi connectivity index (χ4n) is 1.84. The number of hydrogen-bond donors (Lipinski definition) is 1. The molecule has 0 fully saturated rings. The van der Waals surface area contributed by atoms with E-state index in [1.54, 1.807) is 12.4 Å². The number of rotatable bonds is 3. The summed E-state index contributed by atoms with van der Waals surface area (Å²) in [6, 6.07) is 9.75. The lowest BCUT2D eigenvalue weighted by atomic mass is 9.98. The summed E-state index contributed by atoms with van der Waals surface area (Å²) in [6.07, 6.45) is 3.63. The van der Waals surface area contributed by atoms with Gasteiger partial charge in [-0.2, -0.15) is 0 Å². The first-order chi connectivity index (χ1) is 8.18. The molecule has 0 bridgehead atoms. The van der Waals surface area contributed by atoms with Gasteiger partial charge in [-0.15, -0.1) is 0 Å². The maximum atomic E-state index is 10.2. The van der Waals surface area contributed by atoms with Gasteiger partial charge in [0.1, 0.15) is 0 Å². The Bertz CT molecular complexity index is 499. The molecule has 0 saturated carbocycles. The molecule has 2 rings (SSSR count). The molecule has 3 heteroatoms. The van der Waals surface area contributed by atoms with E-state index in [1.165, 1.54) is 0 Å². The van der Waals surface area contributed by atoms with Crippen LogP contribution >= 0.6 is 15.9 Å². The summed E-state index contributed by atoms with van der Waals surface area (Å²) in [5.41, 5.74) is 3.15. The van der Waals surface area contributed by atoms with Crippen LogP contribution in [0, 0.1) is 6.92 Å². The number of aliphatic hydroxyl groups is 1. The highest BCUT2D eigenvalue weighted by atomic mass is 79.9. The van der Waals surface area contributed by atoms with Crippen molar-refractivity contribution in [1.82, 2.24) is 4.98 Å². The summed E-state index contributed by atoms with van der Waals surface area (Å²) in [7, 11) is 0. The zero-order chi connectivity index (χ0) is 12.3. The first-order valence-corrected chi connectivity index (χ1v) is 6.30. The number of benzene rings is 1. The standard InChI is InChI=1S/C14H14BrNO/c1-10-12(3-2-4-13(10)15)14(17)9-11-5-7-16-8-6-11/h2-8,14,17H,9H2,1H3. The van der Waals surface area contributed by atoms with E-state index in [0.29, 0.717) is 6.42 Å². The van der Waals surface area contributed by atoms with Gasteiger partial charge in [0.15, 0.2) is 0 Å². The maximum Gasteiger partial charge on any atom is 0.0833 e. The van der Waals surface area contributed by atoms with E-state index in [9.17, 15) is 5.11 Å². The molecular formula is C14H14BrNO.